The van der Waals surface area contributed by atoms with Gasteiger partial charge < -0.3 is 14.6 Å². The van der Waals surface area contributed by atoms with Gasteiger partial charge >= 0.3 is 5.97 Å². The minimum atomic E-state index is -0.193. The van der Waals surface area contributed by atoms with E-state index in [2.05, 4.69) is 9.97 Å². The first-order chi connectivity index (χ1) is 8.60. The van der Waals surface area contributed by atoms with Crippen LogP contribution in [0.15, 0.2) is 10.9 Å². The molecule has 0 amide bonds. The van der Waals surface area contributed by atoms with Crippen molar-refractivity contribution in [3.63, 3.8) is 0 Å². The van der Waals surface area contributed by atoms with Gasteiger partial charge in [0.25, 0.3) is 5.56 Å². The van der Waals surface area contributed by atoms with Crippen molar-refractivity contribution in [1.82, 2.24) is 9.97 Å². The number of aryl methyl sites for hydroxylation is 1. The van der Waals surface area contributed by atoms with Crippen LogP contribution in [0.2, 0.25) is 0 Å². The fraction of sp³-hybridized carbons (Fsp3) is 0.583. The Morgan fingerprint density at radius 2 is 2.39 bits per heavy atom. The van der Waals surface area contributed by atoms with Crippen LogP contribution in [-0.2, 0) is 9.53 Å². The van der Waals surface area contributed by atoms with Crippen molar-refractivity contribution in [3.05, 3.63) is 22.2 Å². The molecule has 1 atom stereocenters. The number of nitrogens with zero attached hydrogens (tertiary/aromatic N) is 2. The van der Waals surface area contributed by atoms with Gasteiger partial charge in [-0.05, 0) is 19.8 Å². The summed E-state index contributed by atoms with van der Waals surface area (Å²) in [5.41, 5.74) is -0.169. The highest BCUT2D eigenvalue weighted by Gasteiger charge is 2.27. The zero-order valence-electron chi connectivity index (χ0n) is 10.6. The van der Waals surface area contributed by atoms with Crippen LogP contribution in [0.5, 0.6) is 0 Å². The van der Waals surface area contributed by atoms with Crippen molar-refractivity contribution >= 4 is 11.8 Å². The average molecular weight is 251 g/mol. The van der Waals surface area contributed by atoms with Crippen LogP contribution in [-0.4, -0.2) is 36.1 Å². The van der Waals surface area contributed by atoms with E-state index in [-0.39, 0.29) is 17.4 Å². The standard InChI is InChI=1S/C12H17N3O3/c1-8-13-10(6-11(16)14-8)15-5-3-4-9(7-15)12(17)18-2/h6,9H,3-5,7H2,1-2H3,(H,13,14,16). The Balaban J connectivity index is 2.17. The minimum absolute atomic E-state index is 0.134. The van der Waals surface area contributed by atoms with Crippen molar-refractivity contribution in [2.75, 3.05) is 25.1 Å². The van der Waals surface area contributed by atoms with Crippen LogP contribution in [0.25, 0.3) is 0 Å². The molecule has 0 spiro atoms. The monoisotopic (exact) mass is 251 g/mol. The highest BCUT2D eigenvalue weighted by atomic mass is 16.5. The number of carbonyl (C=O) groups is 1. The normalized spacial score (nSPS) is 19.7. The van der Waals surface area contributed by atoms with Gasteiger partial charge in [-0.25, -0.2) is 4.98 Å². The predicted molar refractivity (Wildman–Crippen MR) is 66.5 cm³/mol. The number of esters is 1. The maximum atomic E-state index is 11.5. The summed E-state index contributed by atoms with van der Waals surface area (Å²) in [7, 11) is 1.40. The number of rotatable bonds is 2. The smallest absolute Gasteiger partial charge is 0.310 e. The van der Waals surface area contributed by atoms with Gasteiger partial charge in [0.1, 0.15) is 11.6 Å². The molecule has 0 saturated carbocycles. The van der Waals surface area contributed by atoms with E-state index in [4.69, 9.17) is 4.74 Å². The van der Waals surface area contributed by atoms with E-state index in [1.807, 2.05) is 4.90 Å². The maximum absolute atomic E-state index is 11.5. The number of ether oxygens (including phenoxy) is 1. The molecule has 1 N–H and O–H groups in total. The van der Waals surface area contributed by atoms with E-state index < -0.39 is 0 Å². The number of aromatic amines is 1. The summed E-state index contributed by atoms with van der Waals surface area (Å²) in [4.78, 5) is 31.8. The molecule has 1 aliphatic heterocycles. The third-order valence-electron chi connectivity index (χ3n) is 3.13. The molecular formula is C12H17N3O3. The summed E-state index contributed by atoms with van der Waals surface area (Å²) in [6.45, 7) is 3.11. The maximum Gasteiger partial charge on any atom is 0.310 e. The van der Waals surface area contributed by atoms with Crippen LogP contribution in [0.4, 0.5) is 5.82 Å². The Morgan fingerprint density at radius 1 is 1.61 bits per heavy atom. The fourth-order valence-electron chi connectivity index (χ4n) is 2.27. The van der Waals surface area contributed by atoms with E-state index in [1.165, 1.54) is 13.2 Å². The van der Waals surface area contributed by atoms with E-state index in [1.54, 1.807) is 6.92 Å². The van der Waals surface area contributed by atoms with Crippen LogP contribution in [0.3, 0.4) is 0 Å². The molecule has 6 heteroatoms. The van der Waals surface area contributed by atoms with E-state index >= 15 is 0 Å². The third-order valence-corrected chi connectivity index (χ3v) is 3.13. The molecule has 0 radical (unpaired) electrons. The van der Waals surface area contributed by atoms with Crippen molar-refractivity contribution in [3.8, 4) is 0 Å². The summed E-state index contributed by atoms with van der Waals surface area (Å²) < 4.78 is 4.77. The molecule has 18 heavy (non-hydrogen) atoms. The van der Waals surface area contributed by atoms with Crippen LogP contribution >= 0.6 is 0 Å². The van der Waals surface area contributed by atoms with Gasteiger partial charge in [-0.2, -0.15) is 0 Å². The van der Waals surface area contributed by atoms with Gasteiger partial charge in [0.2, 0.25) is 0 Å². The molecule has 2 heterocycles. The predicted octanol–water partition coefficient (Wildman–Crippen LogP) is 0.468. The number of hydrogen-bond donors (Lipinski definition) is 1. The Hall–Kier alpha value is -1.85. The molecule has 1 unspecified atom stereocenters. The van der Waals surface area contributed by atoms with Gasteiger partial charge in [0.05, 0.1) is 13.0 Å². The fourth-order valence-corrected chi connectivity index (χ4v) is 2.27. The number of anilines is 1. The number of aromatic nitrogens is 2. The summed E-state index contributed by atoms with van der Waals surface area (Å²) in [6, 6.07) is 1.46. The molecule has 0 aliphatic carbocycles. The Labute approximate surface area is 105 Å². The van der Waals surface area contributed by atoms with Gasteiger partial charge in [0, 0.05) is 19.2 Å². The number of carbonyl (C=O) groups excluding carboxylic acids is 1. The summed E-state index contributed by atoms with van der Waals surface area (Å²) in [6.07, 6.45) is 1.72. The zero-order valence-corrected chi connectivity index (χ0v) is 10.6. The number of hydrogen-bond acceptors (Lipinski definition) is 5. The first kappa shape index (κ1) is 12.6. The topological polar surface area (TPSA) is 75.3 Å². The van der Waals surface area contributed by atoms with E-state index in [0.717, 1.165) is 19.4 Å². The van der Waals surface area contributed by atoms with Crippen LogP contribution in [0.1, 0.15) is 18.7 Å². The first-order valence-electron chi connectivity index (χ1n) is 6.01. The van der Waals surface area contributed by atoms with Crippen LogP contribution < -0.4 is 10.5 Å². The summed E-state index contributed by atoms with van der Waals surface area (Å²) >= 11 is 0. The highest BCUT2D eigenvalue weighted by molar-refractivity contribution is 5.73. The van der Waals surface area contributed by atoms with Gasteiger partial charge in [-0.3, -0.25) is 9.59 Å². The first-order valence-corrected chi connectivity index (χ1v) is 6.01. The van der Waals surface area contributed by atoms with Gasteiger partial charge in [-0.1, -0.05) is 0 Å². The third kappa shape index (κ3) is 2.69. The zero-order chi connectivity index (χ0) is 13.1. The SMILES string of the molecule is COC(=O)C1CCCN(c2cc(=O)[nH]c(C)n2)C1. The van der Waals surface area contributed by atoms with Crippen molar-refractivity contribution < 1.29 is 9.53 Å². The Kier molecular flexibility index (Phi) is 3.64. The van der Waals surface area contributed by atoms with Crippen LogP contribution in [0, 0.1) is 12.8 Å². The van der Waals surface area contributed by atoms with Crippen molar-refractivity contribution in [2.45, 2.75) is 19.8 Å². The molecule has 98 valence electrons. The average Bonchev–Trinajstić information content (AvgIpc) is 2.37. The summed E-state index contributed by atoms with van der Waals surface area (Å²) in [5, 5.41) is 0. The Morgan fingerprint density at radius 3 is 3.06 bits per heavy atom. The number of methoxy groups -OCH3 is 1. The lowest BCUT2D eigenvalue weighted by Crippen LogP contribution is -2.40. The lowest BCUT2D eigenvalue weighted by Gasteiger charge is -2.32. The molecule has 1 saturated heterocycles. The highest BCUT2D eigenvalue weighted by Crippen LogP contribution is 2.21. The second kappa shape index (κ2) is 5.20. The molecule has 1 aromatic rings. The van der Waals surface area contributed by atoms with Gasteiger partial charge in [-0.15, -0.1) is 0 Å². The second-order valence-electron chi connectivity index (χ2n) is 4.50. The van der Waals surface area contributed by atoms with E-state index in [9.17, 15) is 9.59 Å². The quantitative estimate of drug-likeness (QED) is 0.773. The second-order valence-corrected chi connectivity index (χ2v) is 4.50. The molecule has 2 rings (SSSR count). The molecule has 1 aliphatic rings. The molecule has 0 bridgehead atoms. The lowest BCUT2D eigenvalue weighted by molar-refractivity contribution is -0.145. The number of piperidine rings is 1. The van der Waals surface area contributed by atoms with E-state index in [0.29, 0.717) is 18.2 Å². The molecular weight excluding hydrogens is 234 g/mol. The van der Waals surface area contributed by atoms with Gasteiger partial charge in [0.15, 0.2) is 0 Å². The molecule has 6 nitrogen and oxygen atoms in total. The molecule has 0 aromatic carbocycles. The molecule has 1 fully saturated rings. The Bertz CT molecular complexity index is 498. The number of H-pyrrole nitrogens is 1. The number of nitrogens with one attached hydrogen (secondary N) is 1. The summed E-state index contributed by atoms with van der Waals surface area (Å²) in [5.74, 6) is 0.883. The van der Waals surface area contributed by atoms with Crippen molar-refractivity contribution in [2.24, 2.45) is 5.92 Å². The lowest BCUT2D eigenvalue weighted by atomic mass is 9.98. The molecule has 1 aromatic heterocycles. The van der Waals surface area contributed by atoms with Crippen molar-refractivity contribution in [1.29, 1.82) is 0 Å². The largest absolute Gasteiger partial charge is 0.469 e. The minimum Gasteiger partial charge on any atom is -0.469 e.